The van der Waals surface area contributed by atoms with Gasteiger partial charge in [0.15, 0.2) is 0 Å². The molecule has 1 fully saturated rings. The van der Waals surface area contributed by atoms with Gasteiger partial charge in [0.05, 0.1) is 6.61 Å². The Morgan fingerprint density at radius 1 is 1.43 bits per heavy atom. The predicted molar refractivity (Wildman–Crippen MR) is 80.9 cm³/mol. The van der Waals surface area contributed by atoms with E-state index in [4.69, 9.17) is 9.84 Å². The minimum absolute atomic E-state index is 0.161. The van der Waals surface area contributed by atoms with Gasteiger partial charge < -0.3 is 14.7 Å². The molecule has 0 saturated carbocycles. The molecule has 1 aliphatic rings. The number of likely N-dealkylation sites (N-methyl/N-ethyl adjacent to an activating group) is 1. The van der Waals surface area contributed by atoms with E-state index in [1.807, 2.05) is 30.3 Å². The third-order valence-corrected chi connectivity index (χ3v) is 3.94. The van der Waals surface area contributed by atoms with E-state index in [1.165, 1.54) is 0 Å². The highest BCUT2D eigenvalue weighted by atomic mass is 16.6. The fraction of sp³-hybridized carbons (Fsp3) is 0.562. The maximum Gasteiger partial charge on any atom is 0.410 e. The molecule has 21 heavy (non-hydrogen) atoms. The Morgan fingerprint density at radius 3 is 2.90 bits per heavy atom. The molecule has 1 heterocycles. The summed E-state index contributed by atoms with van der Waals surface area (Å²) in [6.45, 7) is 2.93. The van der Waals surface area contributed by atoms with Gasteiger partial charge in [0.2, 0.25) is 0 Å². The van der Waals surface area contributed by atoms with Crippen LogP contribution < -0.4 is 0 Å². The first kappa shape index (κ1) is 15.8. The van der Waals surface area contributed by atoms with Crippen molar-refractivity contribution in [3.63, 3.8) is 0 Å². The summed E-state index contributed by atoms with van der Waals surface area (Å²) in [5.74, 6) is 0. The zero-order valence-corrected chi connectivity index (χ0v) is 12.6. The number of aliphatic hydroxyl groups excluding tert-OH is 1. The maximum atomic E-state index is 12.1. The van der Waals surface area contributed by atoms with Crippen molar-refractivity contribution in [1.82, 2.24) is 9.80 Å². The van der Waals surface area contributed by atoms with Crippen molar-refractivity contribution in [3.05, 3.63) is 35.9 Å². The Hall–Kier alpha value is -1.59. The van der Waals surface area contributed by atoms with Crippen LogP contribution in [0.4, 0.5) is 4.79 Å². The summed E-state index contributed by atoms with van der Waals surface area (Å²) >= 11 is 0. The van der Waals surface area contributed by atoms with Crippen molar-refractivity contribution in [1.29, 1.82) is 0 Å². The molecule has 5 heteroatoms. The first-order valence-corrected chi connectivity index (χ1v) is 7.47. The molecule has 0 aliphatic carbocycles. The summed E-state index contributed by atoms with van der Waals surface area (Å²) in [6.07, 6.45) is 1.74. The largest absolute Gasteiger partial charge is 0.445 e. The van der Waals surface area contributed by atoms with Crippen molar-refractivity contribution in [2.75, 3.05) is 33.3 Å². The smallest absolute Gasteiger partial charge is 0.410 e. The van der Waals surface area contributed by atoms with Crippen LogP contribution in [0.1, 0.15) is 18.4 Å². The van der Waals surface area contributed by atoms with Gasteiger partial charge in [0.25, 0.3) is 0 Å². The Bertz CT molecular complexity index is 436. The molecule has 1 amide bonds. The third kappa shape index (κ3) is 4.72. The lowest BCUT2D eigenvalue weighted by Crippen LogP contribution is -2.49. The van der Waals surface area contributed by atoms with E-state index in [0.29, 0.717) is 13.2 Å². The molecular formula is C16H24N2O3. The molecule has 1 atom stereocenters. The minimum atomic E-state index is -0.283. The normalized spacial score (nSPS) is 19.2. The lowest BCUT2D eigenvalue weighted by Gasteiger charge is -2.36. The van der Waals surface area contributed by atoms with E-state index in [0.717, 1.165) is 31.5 Å². The topological polar surface area (TPSA) is 53.0 Å². The molecule has 1 N–H and O–H groups in total. The number of likely N-dealkylation sites (tertiary alicyclic amines) is 1. The van der Waals surface area contributed by atoms with Crippen molar-refractivity contribution in [3.8, 4) is 0 Å². The molecule has 1 saturated heterocycles. The van der Waals surface area contributed by atoms with Gasteiger partial charge in [-0.1, -0.05) is 30.3 Å². The number of β-amino-alcohol motifs (C(OH)–C–C–N with tert-alkyl or cyclic N) is 1. The van der Waals surface area contributed by atoms with Gasteiger partial charge in [-0.25, -0.2) is 4.79 Å². The molecule has 0 radical (unpaired) electrons. The van der Waals surface area contributed by atoms with Gasteiger partial charge in [-0.15, -0.1) is 0 Å². The predicted octanol–water partition coefficient (Wildman–Crippen LogP) is 1.71. The standard InChI is InChI=1S/C16H24N2O3/c1-17(15-8-5-9-18(12-15)10-11-19)16(20)21-13-14-6-3-2-4-7-14/h2-4,6-7,15,19H,5,8-13H2,1H3. The second-order valence-corrected chi connectivity index (χ2v) is 5.47. The number of benzene rings is 1. The van der Waals surface area contributed by atoms with E-state index >= 15 is 0 Å². The van der Waals surface area contributed by atoms with Crippen LogP contribution in [0.25, 0.3) is 0 Å². The van der Waals surface area contributed by atoms with Crippen LogP contribution in [0.3, 0.4) is 0 Å². The zero-order chi connectivity index (χ0) is 15.1. The lowest BCUT2D eigenvalue weighted by molar-refractivity contribution is 0.0639. The number of nitrogens with zero attached hydrogens (tertiary/aromatic N) is 2. The van der Waals surface area contributed by atoms with Gasteiger partial charge in [-0.2, -0.15) is 0 Å². The number of aliphatic hydroxyl groups is 1. The molecule has 1 unspecified atom stereocenters. The summed E-state index contributed by atoms with van der Waals surface area (Å²) in [5.41, 5.74) is 0.991. The number of carbonyl (C=O) groups is 1. The first-order valence-electron chi connectivity index (χ1n) is 7.47. The molecule has 5 nitrogen and oxygen atoms in total. The highest BCUT2D eigenvalue weighted by Crippen LogP contribution is 2.15. The number of carbonyl (C=O) groups excluding carboxylic acids is 1. The molecule has 0 aromatic heterocycles. The number of ether oxygens (including phenoxy) is 1. The van der Waals surface area contributed by atoms with Gasteiger partial charge >= 0.3 is 6.09 Å². The summed E-state index contributed by atoms with van der Waals surface area (Å²) in [5, 5.41) is 9.02. The second kappa shape index (κ2) is 8.00. The second-order valence-electron chi connectivity index (χ2n) is 5.47. The Kier molecular flexibility index (Phi) is 6.02. The average molecular weight is 292 g/mol. The highest BCUT2D eigenvalue weighted by molar-refractivity contribution is 5.67. The van der Waals surface area contributed by atoms with Crippen LogP contribution in [0.5, 0.6) is 0 Å². The van der Waals surface area contributed by atoms with Crippen LogP contribution >= 0.6 is 0 Å². The Labute approximate surface area is 126 Å². The fourth-order valence-electron chi connectivity index (χ4n) is 2.66. The minimum Gasteiger partial charge on any atom is -0.445 e. The number of hydrogen-bond donors (Lipinski definition) is 1. The highest BCUT2D eigenvalue weighted by Gasteiger charge is 2.26. The molecule has 0 spiro atoms. The molecule has 0 bridgehead atoms. The SMILES string of the molecule is CN(C(=O)OCc1ccccc1)C1CCCN(CCO)C1. The Morgan fingerprint density at radius 2 is 2.19 bits per heavy atom. The van der Waals surface area contributed by atoms with Crippen LogP contribution in [0.15, 0.2) is 30.3 Å². The van der Waals surface area contributed by atoms with E-state index in [-0.39, 0.29) is 18.7 Å². The first-order chi connectivity index (χ1) is 10.2. The molecule has 2 rings (SSSR count). The maximum absolute atomic E-state index is 12.1. The van der Waals surface area contributed by atoms with Crippen molar-refractivity contribution in [2.45, 2.75) is 25.5 Å². The molecular weight excluding hydrogens is 268 g/mol. The average Bonchev–Trinajstić information content (AvgIpc) is 2.53. The van der Waals surface area contributed by atoms with E-state index in [9.17, 15) is 4.79 Å². The molecule has 116 valence electrons. The van der Waals surface area contributed by atoms with Gasteiger partial charge in [0.1, 0.15) is 6.61 Å². The number of piperidine rings is 1. The van der Waals surface area contributed by atoms with E-state index in [1.54, 1.807) is 11.9 Å². The monoisotopic (exact) mass is 292 g/mol. The van der Waals surface area contributed by atoms with Crippen molar-refractivity contribution in [2.24, 2.45) is 0 Å². The summed E-state index contributed by atoms with van der Waals surface area (Å²) in [7, 11) is 1.79. The lowest BCUT2D eigenvalue weighted by atomic mass is 10.1. The summed E-state index contributed by atoms with van der Waals surface area (Å²) in [6, 6.07) is 9.85. The zero-order valence-electron chi connectivity index (χ0n) is 12.6. The number of amides is 1. The number of hydrogen-bond acceptors (Lipinski definition) is 4. The summed E-state index contributed by atoms with van der Waals surface area (Å²) < 4.78 is 5.36. The third-order valence-electron chi connectivity index (χ3n) is 3.94. The summed E-state index contributed by atoms with van der Waals surface area (Å²) in [4.78, 5) is 16.0. The van der Waals surface area contributed by atoms with Crippen molar-refractivity contribution < 1.29 is 14.6 Å². The Balaban J connectivity index is 1.81. The quantitative estimate of drug-likeness (QED) is 0.897. The van der Waals surface area contributed by atoms with Crippen LogP contribution in [0.2, 0.25) is 0 Å². The molecule has 1 aromatic rings. The number of rotatable bonds is 5. The van der Waals surface area contributed by atoms with Crippen LogP contribution in [-0.4, -0.2) is 60.3 Å². The molecule has 1 aromatic carbocycles. The van der Waals surface area contributed by atoms with Gasteiger partial charge in [-0.3, -0.25) is 4.90 Å². The molecule has 1 aliphatic heterocycles. The van der Waals surface area contributed by atoms with Crippen LogP contribution in [-0.2, 0) is 11.3 Å². The van der Waals surface area contributed by atoms with E-state index < -0.39 is 0 Å². The fourth-order valence-corrected chi connectivity index (χ4v) is 2.66. The van der Waals surface area contributed by atoms with Gasteiger partial charge in [-0.05, 0) is 24.9 Å². The van der Waals surface area contributed by atoms with E-state index in [2.05, 4.69) is 4.90 Å². The van der Waals surface area contributed by atoms with Crippen LogP contribution in [0, 0.1) is 0 Å². The van der Waals surface area contributed by atoms with Crippen molar-refractivity contribution >= 4 is 6.09 Å². The van der Waals surface area contributed by atoms with Gasteiger partial charge in [0, 0.05) is 26.2 Å².